The van der Waals surface area contributed by atoms with Crippen LogP contribution in [0.5, 0.6) is 0 Å². The summed E-state index contributed by atoms with van der Waals surface area (Å²) in [5.41, 5.74) is 1.14. The van der Waals surface area contributed by atoms with Gasteiger partial charge in [0.05, 0.1) is 6.54 Å². The lowest BCUT2D eigenvalue weighted by Crippen LogP contribution is -2.51. The molecule has 0 radical (unpaired) electrons. The molecule has 0 spiro atoms. The summed E-state index contributed by atoms with van der Waals surface area (Å²) in [6.45, 7) is 4.33. The fourth-order valence-electron chi connectivity index (χ4n) is 3.70. The summed E-state index contributed by atoms with van der Waals surface area (Å²) < 4.78 is 0. The molecule has 2 fully saturated rings. The van der Waals surface area contributed by atoms with Crippen LogP contribution in [0.2, 0.25) is 0 Å². The average molecular weight is 359 g/mol. The molecule has 0 unspecified atom stereocenters. The fraction of sp³-hybridized carbons (Fsp3) is 0.632. The van der Waals surface area contributed by atoms with Gasteiger partial charge in [-0.25, -0.2) is 4.79 Å². The number of nitrogens with one attached hydrogen (secondary N) is 1. The van der Waals surface area contributed by atoms with Crippen LogP contribution < -0.4 is 5.32 Å². The highest BCUT2D eigenvalue weighted by atomic mass is 16.2. The molecule has 0 aliphatic carbocycles. The highest BCUT2D eigenvalue weighted by molar-refractivity contribution is 5.78. The Morgan fingerprint density at radius 3 is 2.38 bits per heavy atom. The third-order valence-electron chi connectivity index (χ3n) is 5.12. The minimum atomic E-state index is 0.0471. The van der Waals surface area contributed by atoms with E-state index in [9.17, 15) is 9.59 Å². The fourth-order valence-corrected chi connectivity index (χ4v) is 3.70. The maximum Gasteiger partial charge on any atom is 0.319 e. The molecule has 142 valence electrons. The van der Waals surface area contributed by atoms with Crippen molar-refractivity contribution in [2.24, 2.45) is 0 Å². The molecule has 2 aliphatic heterocycles. The van der Waals surface area contributed by atoms with E-state index in [1.807, 2.05) is 33.9 Å². The van der Waals surface area contributed by atoms with Gasteiger partial charge in [-0.05, 0) is 50.4 Å². The highest BCUT2D eigenvalue weighted by Crippen LogP contribution is 2.16. The maximum absolute atomic E-state index is 12.4. The molecule has 0 atom stereocenters. The van der Waals surface area contributed by atoms with Gasteiger partial charge in [0.25, 0.3) is 0 Å². The Bertz CT molecular complexity index is 595. The normalized spacial score (nSPS) is 18.4. The van der Waals surface area contributed by atoms with Gasteiger partial charge in [0.15, 0.2) is 0 Å². The Kier molecular flexibility index (Phi) is 6.44. The molecule has 26 heavy (non-hydrogen) atoms. The van der Waals surface area contributed by atoms with Gasteiger partial charge in [-0.3, -0.25) is 14.7 Å². The van der Waals surface area contributed by atoms with Gasteiger partial charge in [-0.2, -0.15) is 0 Å². The molecule has 1 aromatic rings. The molecule has 7 nitrogen and oxygen atoms in total. The first-order chi connectivity index (χ1) is 12.6. The van der Waals surface area contributed by atoms with E-state index in [0.717, 1.165) is 64.0 Å². The monoisotopic (exact) mass is 359 g/mol. The van der Waals surface area contributed by atoms with Crippen LogP contribution in [0.15, 0.2) is 24.5 Å². The standard InChI is InChI=1S/C19H29N5O2/c1-22(14-16-4-8-20-9-5-16)15-18(25)21-17-6-12-24(13-7-17)19(26)23-10-2-3-11-23/h4-5,8-9,17H,2-3,6-7,10-15H2,1H3,(H,21,25). The Labute approximate surface area is 155 Å². The number of urea groups is 1. The van der Waals surface area contributed by atoms with E-state index in [1.165, 1.54) is 0 Å². The lowest BCUT2D eigenvalue weighted by Gasteiger charge is -2.35. The van der Waals surface area contributed by atoms with Crippen LogP contribution in [0.1, 0.15) is 31.2 Å². The number of carbonyl (C=O) groups is 2. The highest BCUT2D eigenvalue weighted by Gasteiger charge is 2.28. The van der Waals surface area contributed by atoms with E-state index in [-0.39, 0.29) is 18.0 Å². The van der Waals surface area contributed by atoms with Crippen molar-refractivity contribution in [3.05, 3.63) is 30.1 Å². The number of hydrogen-bond donors (Lipinski definition) is 1. The number of aromatic nitrogens is 1. The number of rotatable bonds is 5. The van der Waals surface area contributed by atoms with E-state index < -0.39 is 0 Å². The van der Waals surface area contributed by atoms with Crippen LogP contribution in [0.25, 0.3) is 0 Å². The third kappa shape index (κ3) is 5.17. The molecule has 3 rings (SSSR count). The van der Waals surface area contributed by atoms with Crippen LogP contribution in [-0.2, 0) is 11.3 Å². The van der Waals surface area contributed by atoms with E-state index in [2.05, 4.69) is 10.3 Å². The summed E-state index contributed by atoms with van der Waals surface area (Å²) in [6, 6.07) is 4.26. The molecule has 3 amide bonds. The molecule has 0 saturated carbocycles. The van der Waals surface area contributed by atoms with Crippen LogP contribution in [0.4, 0.5) is 4.79 Å². The number of pyridine rings is 1. The molecule has 7 heteroatoms. The molecule has 2 aliphatic rings. The lowest BCUT2D eigenvalue weighted by atomic mass is 10.1. The first-order valence-electron chi connectivity index (χ1n) is 9.52. The van der Waals surface area contributed by atoms with Crippen molar-refractivity contribution in [3.63, 3.8) is 0 Å². The topological polar surface area (TPSA) is 68.8 Å². The van der Waals surface area contributed by atoms with Crippen molar-refractivity contribution >= 4 is 11.9 Å². The predicted molar refractivity (Wildman–Crippen MR) is 99.5 cm³/mol. The number of likely N-dealkylation sites (tertiary alicyclic amines) is 2. The smallest absolute Gasteiger partial charge is 0.319 e. The number of nitrogens with zero attached hydrogens (tertiary/aromatic N) is 4. The number of amides is 3. The maximum atomic E-state index is 12.4. The number of piperidine rings is 1. The van der Waals surface area contributed by atoms with Gasteiger partial charge in [0, 0.05) is 51.2 Å². The first-order valence-corrected chi connectivity index (χ1v) is 9.52. The average Bonchev–Trinajstić information content (AvgIpc) is 3.17. The van der Waals surface area contributed by atoms with Gasteiger partial charge in [0.2, 0.25) is 5.91 Å². The summed E-state index contributed by atoms with van der Waals surface area (Å²) in [5.74, 6) is 0.0471. The summed E-state index contributed by atoms with van der Waals surface area (Å²) in [7, 11) is 1.94. The summed E-state index contributed by atoms with van der Waals surface area (Å²) in [5, 5.41) is 3.12. The second kappa shape index (κ2) is 8.98. The van der Waals surface area contributed by atoms with Crippen molar-refractivity contribution in [2.45, 2.75) is 38.3 Å². The van der Waals surface area contributed by atoms with Gasteiger partial charge in [0.1, 0.15) is 0 Å². The molecule has 1 N–H and O–H groups in total. The number of carbonyl (C=O) groups excluding carboxylic acids is 2. The summed E-state index contributed by atoms with van der Waals surface area (Å²) in [6.07, 6.45) is 7.43. The van der Waals surface area contributed by atoms with Crippen LogP contribution in [0.3, 0.4) is 0 Å². The lowest BCUT2D eigenvalue weighted by molar-refractivity contribution is -0.123. The SMILES string of the molecule is CN(CC(=O)NC1CCN(C(=O)N2CCCC2)CC1)Cc1ccncc1. The molecule has 1 aromatic heterocycles. The second-order valence-electron chi connectivity index (χ2n) is 7.33. The van der Waals surface area contributed by atoms with Crippen LogP contribution in [-0.4, -0.2) is 77.4 Å². The summed E-state index contributed by atoms with van der Waals surface area (Å²) >= 11 is 0. The molecule has 2 saturated heterocycles. The van der Waals surface area contributed by atoms with Crippen LogP contribution >= 0.6 is 0 Å². The second-order valence-corrected chi connectivity index (χ2v) is 7.33. The van der Waals surface area contributed by atoms with Crippen molar-refractivity contribution < 1.29 is 9.59 Å². The zero-order valence-corrected chi connectivity index (χ0v) is 15.6. The predicted octanol–water partition coefficient (Wildman–Crippen LogP) is 1.31. The largest absolute Gasteiger partial charge is 0.352 e. The minimum Gasteiger partial charge on any atom is -0.352 e. The van der Waals surface area contributed by atoms with Crippen molar-refractivity contribution in [1.82, 2.24) is 25.0 Å². The zero-order chi connectivity index (χ0) is 18.4. The molecule has 3 heterocycles. The van der Waals surface area contributed by atoms with Gasteiger partial charge in [-0.15, -0.1) is 0 Å². The molecular weight excluding hydrogens is 330 g/mol. The summed E-state index contributed by atoms with van der Waals surface area (Å²) in [4.78, 5) is 34.6. The molecule has 0 aromatic carbocycles. The van der Waals surface area contributed by atoms with Gasteiger partial charge < -0.3 is 15.1 Å². The number of likely N-dealkylation sites (N-methyl/N-ethyl adjacent to an activating group) is 1. The van der Waals surface area contributed by atoms with E-state index in [1.54, 1.807) is 12.4 Å². The van der Waals surface area contributed by atoms with Crippen molar-refractivity contribution in [1.29, 1.82) is 0 Å². The zero-order valence-electron chi connectivity index (χ0n) is 15.6. The Hall–Kier alpha value is -2.15. The third-order valence-corrected chi connectivity index (χ3v) is 5.12. The van der Waals surface area contributed by atoms with Crippen molar-refractivity contribution in [2.75, 3.05) is 39.8 Å². The van der Waals surface area contributed by atoms with Gasteiger partial charge >= 0.3 is 6.03 Å². The van der Waals surface area contributed by atoms with E-state index >= 15 is 0 Å². The minimum absolute atomic E-state index is 0.0471. The quantitative estimate of drug-likeness (QED) is 0.861. The van der Waals surface area contributed by atoms with E-state index in [4.69, 9.17) is 0 Å². The Morgan fingerprint density at radius 2 is 1.73 bits per heavy atom. The van der Waals surface area contributed by atoms with Crippen LogP contribution in [0, 0.1) is 0 Å². The van der Waals surface area contributed by atoms with Crippen molar-refractivity contribution in [3.8, 4) is 0 Å². The Balaban J connectivity index is 1.37. The molecule has 0 bridgehead atoms. The van der Waals surface area contributed by atoms with Gasteiger partial charge in [-0.1, -0.05) is 0 Å². The van der Waals surface area contributed by atoms with E-state index in [0.29, 0.717) is 6.54 Å². The first kappa shape index (κ1) is 18.6. The molecular formula is C19H29N5O2. The number of hydrogen-bond acceptors (Lipinski definition) is 4. The Morgan fingerprint density at radius 1 is 1.12 bits per heavy atom.